The lowest BCUT2D eigenvalue weighted by molar-refractivity contribution is 0.0995. The van der Waals surface area contributed by atoms with E-state index in [9.17, 15) is 4.79 Å². The maximum atomic E-state index is 11.2. The predicted molar refractivity (Wildman–Crippen MR) is 90.0 cm³/mol. The van der Waals surface area contributed by atoms with Crippen LogP contribution in [-0.2, 0) is 0 Å². The molecule has 0 atom stereocenters. The highest BCUT2D eigenvalue weighted by atomic mass is 16.5. The fourth-order valence-electron chi connectivity index (χ4n) is 2.84. The first-order valence-corrected chi connectivity index (χ1v) is 8.04. The van der Waals surface area contributed by atoms with Crippen molar-refractivity contribution in [2.75, 3.05) is 24.6 Å². The maximum absolute atomic E-state index is 11.2. The number of carbonyl (C=O) groups excluding carboxylic acids is 1. The zero-order chi connectivity index (χ0) is 16.9. The van der Waals surface area contributed by atoms with Gasteiger partial charge in [-0.2, -0.15) is 0 Å². The average Bonchev–Trinajstić information content (AvgIpc) is 2.61. The van der Waals surface area contributed by atoms with Gasteiger partial charge in [-0.15, -0.1) is 0 Å². The molecule has 2 aromatic heterocycles. The van der Waals surface area contributed by atoms with Crippen molar-refractivity contribution >= 4 is 11.6 Å². The van der Waals surface area contributed by atoms with Gasteiger partial charge >= 0.3 is 0 Å². The van der Waals surface area contributed by atoms with Crippen molar-refractivity contribution in [1.29, 1.82) is 0 Å². The van der Waals surface area contributed by atoms with Gasteiger partial charge in [-0.1, -0.05) is 0 Å². The molecule has 0 bridgehead atoms. The van der Waals surface area contributed by atoms with E-state index in [1.54, 1.807) is 24.7 Å². The Balaban J connectivity index is 1.53. The van der Waals surface area contributed by atoms with Gasteiger partial charge in [-0.05, 0) is 37.8 Å². The summed E-state index contributed by atoms with van der Waals surface area (Å²) in [7, 11) is 0. The number of rotatable bonds is 5. The van der Waals surface area contributed by atoms with E-state index < -0.39 is 5.91 Å². The molecular formula is C17H21N5O2. The van der Waals surface area contributed by atoms with E-state index in [-0.39, 0.29) is 0 Å². The average molecular weight is 327 g/mol. The number of pyridine rings is 1. The molecule has 24 heavy (non-hydrogen) atoms. The van der Waals surface area contributed by atoms with Crippen LogP contribution >= 0.6 is 0 Å². The molecule has 0 unspecified atom stereocenters. The summed E-state index contributed by atoms with van der Waals surface area (Å²) in [6.07, 6.45) is 6.98. The maximum Gasteiger partial charge on any atom is 0.267 e. The van der Waals surface area contributed by atoms with Gasteiger partial charge in [0.05, 0.1) is 12.3 Å². The predicted octanol–water partition coefficient (Wildman–Crippen LogP) is 1.57. The number of carbonyl (C=O) groups is 1. The van der Waals surface area contributed by atoms with Crippen LogP contribution in [0.3, 0.4) is 0 Å². The molecule has 2 aromatic rings. The summed E-state index contributed by atoms with van der Waals surface area (Å²) in [6, 6.07) is 3.66. The Morgan fingerprint density at radius 2 is 2.00 bits per heavy atom. The molecule has 0 saturated carbocycles. The van der Waals surface area contributed by atoms with Crippen LogP contribution in [0.1, 0.15) is 29.0 Å². The Hall–Kier alpha value is -2.70. The third-order valence-corrected chi connectivity index (χ3v) is 4.27. The smallest absolute Gasteiger partial charge is 0.267 e. The number of primary amides is 1. The quantitative estimate of drug-likeness (QED) is 0.896. The molecule has 0 radical (unpaired) electrons. The molecule has 3 rings (SSSR count). The van der Waals surface area contributed by atoms with Crippen molar-refractivity contribution in [2.24, 2.45) is 11.7 Å². The number of hydrogen-bond acceptors (Lipinski definition) is 6. The second kappa shape index (κ2) is 7.25. The number of aryl methyl sites for hydroxylation is 1. The monoisotopic (exact) mass is 327 g/mol. The van der Waals surface area contributed by atoms with Gasteiger partial charge in [0.15, 0.2) is 0 Å². The summed E-state index contributed by atoms with van der Waals surface area (Å²) in [5, 5.41) is 0. The number of piperidine rings is 1. The van der Waals surface area contributed by atoms with Crippen LogP contribution in [0.25, 0.3) is 0 Å². The minimum atomic E-state index is -0.500. The van der Waals surface area contributed by atoms with Gasteiger partial charge < -0.3 is 15.4 Å². The van der Waals surface area contributed by atoms with Crippen LogP contribution in [0.15, 0.2) is 30.7 Å². The zero-order valence-electron chi connectivity index (χ0n) is 13.7. The standard InChI is InChI=1S/C17H21N5O2/c1-12-17(21-7-6-19-12)24-11-13-3-8-22(9-4-13)14-2-5-20-15(10-14)16(18)23/h2,5-7,10,13H,3-4,8-9,11H2,1H3,(H2,18,23). The molecule has 1 fully saturated rings. The van der Waals surface area contributed by atoms with E-state index in [0.717, 1.165) is 37.3 Å². The van der Waals surface area contributed by atoms with Crippen molar-refractivity contribution in [3.63, 3.8) is 0 Å². The lowest BCUT2D eigenvalue weighted by Gasteiger charge is -2.33. The number of anilines is 1. The SMILES string of the molecule is Cc1nccnc1OCC1CCN(c2ccnc(C(N)=O)c2)CC1. The largest absolute Gasteiger partial charge is 0.476 e. The molecule has 7 nitrogen and oxygen atoms in total. The summed E-state index contributed by atoms with van der Waals surface area (Å²) in [5.41, 5.74) is 7.40. The van der Waals surface area contributed by atoms with Gasteiger partial charge in [0.25, 0.3) is 5.91 Å². The number of aromatic nitrogens is 3. The number of nitrogens with two attached hydrogens (primary N) is 1. The minimum absolute atomic E-state index is 0.302. The molecule has 1 aliphatic rings. The fraction of sp³-hybridized carbons (Fsp3) is 0.412. The van der Waals surface area contributed by atoms with Crippen molar-refractivity contribution < 1.29 is 9.53 Å². The van der Waals surface area contributed by atoms with Crippen molar-refractivity contribution in [3.05, 3.63) is 42.1 Å². The van der Waals surface area contributed by atoms with Crippen LogP contribution in [0.4, 0.5) is 5.69 Å². The highest BCUT2D eigenvalue weighted by Crippen LogP contribution is 2.24. The van der Waals surface area contributed by atoms with Gasteiger partial charge in [0, 0.05) is 37.4 Å². The van der Waals surface area contributed by atoms with E-state index in [2.05, 4.69) is 19.9 Å². The summed E-state index contributed by atoms with van der Waals surface area (Å²) in [6.45, 7) is 4.37. The third kappa shape index (κ3) is 3.79. The van der Waals surface area contributed by atoms with Gasteiger partial charge in [-0.25, -0.2) is 4.98 Å². The molecule has 1 amide bonds. The second-order valence-electron chi connectivity index (χ2n) is 5.95. The summed E-state index contributed by atoms with van der Waals surface area (Å²) < 4.78 is 5.80. The Kier molecular flexibility index (Phi) is 4.88. The van der Waals surface area contributed by atoms with E-state index in [4.69, 9.17) is 10.5 Å². The third-order valence-electron chi connectivity index (χ3n) is 4.27. The van der Waals surface area contributed by atoms with Gasteiger partial charge in [0.1, 0.15) is 5.69 Å². The molecular weight excluding hydrogens is 306 g/mol. The normalized spacial score (nSPS) is 15.3. The number of amides is 1. The molecule has 1 aliphatic heterocycles. The van der Waals surface area contributed by atoms with E-state index in [1.807, 2.05) is 13.0 Å². The summed E-state index contributed by atoms with van der Waals surface area (Å²) in [4.78, 5) is 25.9. The van der Waals surface area contributed by atoms with Gasteiger partial charge in [0.2, 0.25) is 5.88 Å². The molecule has 7 heteroatoms. The minimum Gasteiger partial charge on any atom is -0.476 e. The van der Waals surface area contributed by atoms with Crippen LogP contribution in [0.5, 0.6) is 5.88 Å². The van der Waals surface area contributed by atoms with Crippen LogP contribution < -0.4 is 15.4 Å². The van der Waals surface area contributed by atoms with Gasteiger partial charge in [-0.3, -0.25) is 14.8 Å². The molecule has 0 aromatic carbocycles. The first kappa shape index (κ1) is 16.2. The van der Waals surface area contributed by atoms with Crippen molar-refractivity contribution in [2.45, 2.75) is 19.8 Å². The van der Waals surface area contributed by atoms with E-state index in [1.165, 1.54) is 0 Å². The molecule has 1 saturated heterocycles. The van der Waals surface area contributed by atoms with E-state index >= 15 is 0 Å². The lowest BCUT2D eigenvalue weighted by atomic mass is 9.97. The lowest BCUT2D eigenvalue weighted by Crippen LogP contribution is -2.35. The van der Waals surface area contributed by atoms with Crippen molar-refractivity contribution in [3.8, 4) is 5.88 Å². The number of ether oxygens (including phenoxy) is 1. The Morgan fingerprint density at radius 3 is 2.71 bits per heavy atom. The zero-order valence-corrected chi connectivity index (χ0v) is 13.7. The Bertz CT molecular complexity index is 714. The summed E-state index contributed by atoms with van der Waals surface area (Å²) in [5.74, 6) is 0.597. The highest BCUT2D eigenvalue weighted by Gasteiger charge is 2.21. The summed E-state index contributed by atoms with van der Waals surface area (Å²) >= 11 is 0. The Labute approximate surface area is 140 Å². The van der Waals surface area contributed by atoms with E-state index in [0.29, 0.717) is 24.1 Å². The fourth-order valence-corrected chi connectivity index (χ4v) is 2.84. The van der Waals surface area contributed by atoms with Crippen molar-refractivity contribution in [1.82, 2.24) is 15.0 Å². The molecule has 3 heterocycles. The number of hydrogen-bond donors (Lipinski definition) is 1. The molecule has 126 valence electrons. The molecule has 0 aliphatic carbocycles. The van der Waals surface area contributed by atoms with Crippen LogP contribution in [0, 0.1) is 12.8 Å². The van der Waals surface area contributed by atoms with Crippen LogP contribution in [0.2, 0.25) is 0 Å². The second-order valence-corrected chi connectivity index (χ2v) is 5.95. The topological polar surface area (TPSA) is 94.2 Å². The first-order chi connectivity index (χ1) is 11.6. The molecule has 0 spiro atoms. The Morgan fingerprint density at radius 1 is 1.25 bits per heavy atom. The number of nitrogens with zero attached hydrogens (tertiary/aromatic N) is 4. The first-order valence-electron chi connectivity index (χ1n) is 8.04. The highest BCUT2D eigenvalue weighted by molar-refractivity contribution is 5.91. The van der Waals surface area contributed by atoms with Crippen LogP contribution in [-0.4, -0.2) is 40.6 Å². The molecule has 2 N–H and O–H groups in total.